The van der Waals surface area contributed by atoms with E-state index < -0.39 is 0 Å². The van der Waals surface area contributed by atoms with E-state index in [1.54, 1.807) is 0 Å². The molecule has 1 aliphatic rings. The van der Waals surface area contributed by atoms with Crippen LogP contribution >= 0.6 is 12.4 Å². The highest BCUT2D eigenvalue weighted by atomic mass is 35.5. The number of rotatable bonds is 2. The number of anilines is 1. The Morgan fingerprint density at radius 1 is 1.17 bits per heavy atom. The van der Waals surface area contributed by atoms with Gasteiger partial charge in [-0.05, 0) is 68.0 Å². The molecule has 0 heterocycles. The first-order valence-corrected chi connectivity index (χ1v) is 7.81. The van der Waals surface area contributed by atoms with Gasteiger partial charge < -0.3 is 11.1 Å². The van der Waals surface area contributed by atoms with Crippen molar-refractivity contribution in [3.63, 3.8) is 0 Å². The van der Waals surface area contributed by atoms with Crippen LogP contribution in [0.3, 0.4) is 0 Å². The van der Waals surface area contributed by atoms with Crippen molar-refractivity contribution in [1.29, 1.82) is 0 Å². The average molecular weight is 331 g/mol. The van der Waals surface area contributed by atoms with E-state index in [1.165, 1.54) is 11.1 Å². The highest BCUT2D eigenvalue weighted by Crippen LogP contribution is 2.31. The zero-order chi connectivity index (χ0) is 15.7. The third-order valence-corrected chi connectivity index (χ3v) is 4.42. The molecular weight excluding hydrogens is 308 g/mol. The summed E-state index contributed by atoms with van der Waals surface area (Å²) in [6.07, 6.45) is 3.10. The van der Waals surface area contributed by atoms with Crippen molar-refractivity contribution < 1.29 is 4.79 Å². The SMILES string of the molecule is Cc1ccc(C)c(C(=O)NC2CCCc3cc(N)ccc32)c1.Cl. The van der Waals surface area contributed by atoms with E-state index in [0.29, 0.717) is 0 Å². The second-order valence-corrected chi connectivity index (χ2v) is 6.19. The van der Waals surface area contributed by atoms with Gasteiger partial charge in [0.05, 0.1) is 6.04 Å². The molecule has 3 N–H and O–H groups in total. The molecule has 0 aliphatic heterocycles. The number of nitrogen functional groups attached to an aromatic ring is 1. The van der Waals surface area contributed by atoms with Gasteiger partial charge >= 0.3 is 0 Å². The summed E-state index contributed by atoms with van der Waals surface area (Å²) in [4.78, 5) is 12.6. The number of nitrogens with one attached hydrogen (secondary N) is 1. The molecule has 0 saturated heterocycles. The molecule has 3 rings (SSSR count). The molecule has 0 bridgehead atoms. The molecule has 3 nitrogen and oxygen atoms in total. The first-order chi connectivity index (χ1) is 10.5. The monoisotopic (exact) mass is 330 g/mol. The van der Waals surface area contributed by atoms with Gasteiger partial charge in [0.1, 0.15) is 0 Å². The third kappa shape index (κ3) is 3.67. The number of fused-ring (bicyclic) bond motifs is 1. The lowest BCUT2D eigenvalue weighted by Gasteiger charge is -2.27. The van der Waals surface area contributed by atoms with Gasteiger partial charge in [-0.15, -0.1) is 12.4 Å². The molecule has 0 radical (unpaired) electrons. The van der Waals surface area contributed by atoms with Crippen LogP contribution in [-0.4, -0.2) is 5.91 Å². The Hall–Kier alpha value is -2.00. The van der Waals surface area contributed by atoms with Crippen molar-refractivity contribution in [2.75, 3.05) is 5.73 Å². The predicted molar refractivity (Wildman–Crippen MR) is 97.2 cm³/mol. The lowest BCUT2D eigenvalue weighted by atomic mass is 9.87. The number of hydrogen-bond acceptors (Lipinski definition) is 2. The number of carbonyl (C=O) groups excluding carboxylic acids is 1. The largest absolute Gasteiger partial charge is 0.399 e. The van der Waals surface area contributed by atoms with Crippen LogP contribution in [0.2, 0.25) is 0 Å². The van der Waals surface area contributed by atoms with Crippen LogP contribution in [0.15, 0.2) is 36.4 Å². The van der Waals surface area contributed by atoms with Crippen LogP contribution in [-0.2, 0) is 6.42 Å². The lowest BCUT2D eigenvalue weighted by molar-refractivity contribution is 0.0932. The molecule has 0 aromatic heterocycles. The minimum atomic E-state index is 0. The molecular formula is C19H23ClN2O. The molecule has 23 heavy (non-hydrogen) atoms. The van der Waals surface area contributed by atoms with Crippen LogP contribution in [0.25, 0.3) is 0 Å². The van der Waals surface area contributed by atoms with E-state index in [-0.39, 0.29) is 24.4 Å². The van der Waals surface area contributed by atoms with Crippen molar-refractivity contribution >= 4 is 24.0 Å². The first kappa shape index (κ1) is 17.4. The highest BCUT2D eigenvalue weighted by Gasteiger charge is 2.22. The van der Waals surface area contributed by atoms with Gasteiger partial charge in [0.2, 0.25) is 0 Å². The predicted octanol–water partition coefficient (Wildman–Crippen LogP) is 4.11. The molecule has 2 aromatic rings. The summed E-state index contributed by atoms with van der Waals surface area (Å²) in [5, 5.41) is 3.20. The number of aryl methyl sites for hydroxylation is 3. The molecule has 2 aromatic carbocycles. The van der Waals surface area contributed by atoms with Crippen LogP contribution < -0.4 is 11.1 Å². The smallest absolute Gasteiger partial charge is 0.252 e. The van der Waals surface area contributed by atoms with Gasteiger partial charge in [-0.1, -0.05) is 23.8 Å². The Kier molecular flexibility index (Phi) is 5.32. The number of halogens is 1. The second-order valence-electron chi connectivity index (χ2n) is 6.19. The molecule has 4 heteroatoms. The lowest BCUT2D eigenvalue weighted by Crippen LogP contribution is -2.31. The van der Waals surface area contributed by atoms with Crippen molar-refractivity contribution in [3.05, 3.63) is 64.2 Å². The second kappa shape index (κ2) is 7.05. The Morgan fingerprint density at radius 2 is 1.96 bits per heavy atom. The van der Waals surface area contributed by atoms with E-state index >= 15 is 0 Å². The van der Waals surface area contributed by atoms with Crippen molar-refractivity contribution in [2.45, 2.75) is 39.2 Å². The zero-order valence-corrected chi connectivity index (χ0v) is 14.4. The van der Waals surface area contributed by atoms with E-state index in [4.69, 9.17) is 5.73 Å². The first-order valence-electron chi connectivity index (χ1n) is 7.81. The molecule has 0 saturated carbocycles. The molecule has 122 valence electrons. The maximum absolute atomic E-state index is 12.6. The van der Waals surface area contributed by atoms with Crippen LogP contribution in [0, 0.1) is 13.8 Å². The summed E-state index contributed by atoms with van der Waals surface area (Å²) >= 11 is 0. The summed E-state index contributed by atoms with van der Waals surface area (Å²) in [5.74, 6) is 0.0101. The van der Waals surface area contributed by atoms with E-state index in [9.17, 15) is 4.79 Å². The van der Waals surface area contributed by atoms with Gasteiger partial charge in [0.15, 0.2) is 0 Å². The van der Waals surface area contributed by atoms with E-state index in [2.05, 4.69) is 11.4 Å². The highest BCUT2D eigenvalue weighted by molar-refractivity contribution is 5.96. The quantitative estimate of drug-likeness (QED) is 0.814. The van der Waals surface area contributed by atoms with E-state index in [0.717, 1.165) is 41.6 Å². The molecule has 0 fully saturated rings. The number of hydrogen-bond donors (Lipinski definition) is 2. The van der Waals surface area contributed by atoms with Crippen molar-refractivity contribution in [3.8, 4) is 0 Å². The Labute approximate surface area is 143 Å². The summed E-state index contributed by atoms with van der Waals surface area (Å²) in [5.41, 5.74) is 12.0. The maximum Gasteiger partial charge on any atom is 0.252 e. The molecule has 1 atom stereocenters. The summed E-state index contributed by atoms with van der Waals surface area (Å²) < 4.78 is 0. The minimum Gasteiger partial charge on any atom is -0.399 e. The number of nitrogens with two attached hydrogens (primary N) is 1. The summed E-state index contributed by atoms with van der Waals surface area (Å²) in [6, 6.07) is 12.1. The minimum absolute atomic E-state index is 0. The van der Waals surface area contributed by atoms with Gasteiger partial charge in [0.25, 0.3) is 5.91 Å². The fraction of sp³-hybridized carbons (Fsp3) is 0.316. The Morgan fingerprint density at radius 3 is 2.74 bits per heavy atom. The topological polar surface area (TPSA) is 55.1 Å². The normalized spacial score (nSPS) is 16.2. The van der Waals surface area contributed by atoms with Crippen LogP contribution in [0.1, 0.15) is 51.5 Å². The third-order valence-electron chi connectivity index (χ3n) is 4.42. The standard InChI is InChI=1S/C19H22N2O.ClH/c1-12-6-7-13(2)17(10-12)19(22)21-18-5-3-4-14-11-15(20)8-9-16(14)18;/h6-11,18H,3-5,20H2,1-2H3,(H,21,22);1H. The zero-order valence-electron chi connectivity index (χ0n) is 13.6. The summed E-state index contributed by atoms with van der Waals surface area (Å²) in [6.45, 7) is 3.98. The number of carbonyl (C=O) groups is 1. The van der Waals surface area contributed by atoms with Gasteiger partial charge in [0, 0.05) is 11.3 Å². The van der Waals surface area contributed by atoms with Crippen LogP contribution in [0.4, 0.5) is 5.69 Å². The molecule has 0 spiro atoms. The molecule has 1 unspecified atom stereocenters. The van der Waals surface area contributed by atoms with Gasteiger partial charge in [-0.3, -0.25) is 4.79 Å². The average Bonchev–Trinajstić information content (AvgIpc) is 2.49. The fourth-order valence-corrected chi connectivity index (χ4v) is 3.20. The number of benzene rings is 2. The Bertz CT molecular complexity index is 727. The van der Waals surface area contributed by atoms with Crippen molar-refractivity contribution in [2.24, 2.45) is 0 Å². The van der Waals surface area contributed by atoms with Crippen molar-refractivity contribution in [1.82, 2.24) is 5.32 Å². The van der Waals surface area contributed by atoms with Gasteiger partial charge in [-0.25, -0.2) is 0 Å². The Balaban J connectivity index is 0.00000192. The van der Waals surface area contributed by atoms with E-state index in [1.807, 2.05) is 44.2 Å². The van der Waals surface area contributed by atoms with Gasteiger partial charge in [-0.2, -0.15) is 0 Å². The molecule has 1 amide bonds. The summed E-state index contributed by atoms with van der Waals surface area (Å²) in [7, 11) is 0. The van der Waals surface area contributed by atoms with Crippen LogP contribution in [0.5, 0.6) is 0 Å². The fourth-order valence-electron chi connectivity index (χ4n) is 3.20. The molecule has 1 aliphatic carbocycles. The maximum atomic E-state index is 12.6. The number of amides is 1.